The molecule has 2 heterocycles. The van der Waals surface area contributed by atoms with Gasteiger partial charge in [-0.05, 0) is 25.1 Å². The van der Waals surface area contributed by atoms with E-state index in [1.807, 2.05) is 12.1 Å². The third-order valence-electron chi connectivity index (χ3n) is 1.84. The van der Waals surface area contributed by atoms with E-state index >= 15 is 0 Å². The van der Waals surface area contributed by atoms with Crippen molar-refractivity contribution in [3.05, 3.63) is 29.1 Å². The molecule has 0 saturated heterocycles. The topological polar surface area (TPSA) is 35.0 Å². The lowest BCUT2D eigenvalue weighted by molar-refractivity contribution is 0.392. The summed E-state index contributed by atoms with van der Waals surface area (Å²) in [5.41, 5.74) is 0.893. The number of thiophene rings is 1. The molecule has 0 radical (unpaired) electrons. The molecular formula is C10H10N2OS. The zero-order chi connectivity index (χ0) is 9.97. The van der Waals surface area contributed by atoms with Gasteiger partial charge in [-0.2, -0.15) is 0 Å². The molecule has 0 atom stereocenters. The Labute approximate surface area is 86.4 Å². The quantitative estimate of drug-likeness (QED) is 0.757. The summed E-state index contributed by atoms with van der Waals surface area (Å²) >= 11 is 1.71. The van der Waals surface area contributed by atoms with Crippen molar-refractivity contribution in [1.82, 2.24) is 10.2 Å². The van der Waals surface area contributed by atoms with Crippen LogP contribution >= 0.6 is 11.3 Å². The monoisotopic (exact) mass is 206 g/mol. The zero-order valence-electron chi connectivity index (χ0n) is 8.02. The van der Waals surface area contributed by atoms with E-state index in [0.717, 1.165) is 10.6 Å². The Kier molecular flexibility index (Phi) is 2.45. The van der Waals surface area contributed by atoms with E-state index in [2.05, 4.69) is 29.3 Å². The summed E-state index contributed by atoms with van der Waals surface area (Å²) in [4.78, 5) is 2.41. The van der Waals surface area contributed by atoms with Crippen LogP contribution in [0.2, 0.25) is 0 Å². The van der Waals surface area contributed by atoms with Crippen molar-refractivity contribution < 1.29 is 4.74 Å². The summed E-state index contributed by atoms with van der Waals surface area (Å²) in [6.07, 6.45) is 0. The molecule has 2 rings (SSSR count). The standard InChI is InChI=1S/C10H10N2OS/c1-7-3-5-9(14-7)8-4-6-10(13-2)12-11-8/h3-6H,1-2H3. The number of aromatic nitrogens is 2. The molecule has 0 fully saturated rings. The largest absolute Gasteiger partial charge is 0.480 e. The Morgan fingerprint density at radius 2 is 2.00 bits per heavy atom. The van der Waals surface area contributed by atoms with E-state index < -0.39 is 0 Å². The molecule has 0 saturated carbocycles. The van der Waals surface area contributed by atoms with Gasteiger partial charge in [0.25, 0.3) is 0 Å². The second-order valence-corrected chi connectivity index (χ2v) is 4.16. The molecule has 0 spiro atoms. The number of hydrogen-bond donors (Lipinski definition) is 0. The van der Waals surface area contributed by atoms with Gasteiger partial charge in [-0.3, -0.25) is 0 Å². The first-order valence-electron chi connectivity index (χ1n) is 4.24. The molecule has 72 valence electrons. The molecule has 2 aromatic rings. The first-order valence-corrected chi connectivity index (χ1v) is 5.06. The number of ether oxygens (including phenoxy) is 1. The van der Waals surface area contributed by atoms with Crippen LogP contribution in [0.3, 0.4) is 0 Å². The molecule has 0 bridgehead atoms. The van der Waals surface area contributed by atoms with Gasteiger partial charge in [-0.1, -0.05) is 0 Å². The van der Waals surface area contributed by atoms with Crippen LogP contribution in [0.15, 0.2) is 24.3 Å². The van der Waals surface area contributed by atoms with Crippen molar-refractivity contribution in [2.24, 2.45) is 0 Å². The molecule has 0 unspecified atom stereocenters. The number of aryl methyl sites for hydroxylation is 1. The molecule has 2 aromatic heterocycles. The van der Waals surface area contributed by atoms with Gasteiger partial charge in [0.05, 0.1) is 12.0 Å². The number of rotatable bonds is 2. The molecule has 0 aromatic carbocycles. The molecule has 4 heteroatoms. The average molecular weight is 206 g/mol. The van der Waals surface area contributed by atoms with Gasteiger partial charge in [0.1, 0.15) is 5.69 Å². The van der Waals surface area contributed by atoms with Gasteiger partial charge < -0.3 is 4.74 Å². The first-order chi connectivity index (χ1) is 6.79. The van der Waals surface area contributed by atoms with Crippen LogP contribution in [-0.2, 0) is 0 Å². The van der Waals surface area contributed by atoms with Crippen molar-refractivity contribution in [2.45, 2.75) is 6.92 Å². The normalized spacial score (nSPS) is 10.1. The highest BCUT2D eigenvalue weighted by Crippen LogP contribution is 2.25. The van der Waals surface area contributed by atoms with Gasteiger partial charge in [0.2, 0.25) is 5.88 Å². The van der Waals surface area contributed by atoms with E-state index in [4.69, 9.17) is 4.74 Å². The average Bonchev–Trinajstić information content (AvgIpc) is 2.65. The van der Waals surface area contributed by atoms with E-state index in [0.29, 0.717) is 5.88 Å². The Hall–Kier alpha value is -1.42. The minimum absolute atomic E-state index is 0.544. The summed E-state index contributed by atoms with van der Waals surface area (Å²) < 4.78 is 4.94. The smallest absolute Gasteiger partial charge is 0.233 e. The summed E-state index contributed by atoms with van der Waals surface area (Å²) in [7, 11) is 1.58. The minimum atomic E-state index is 0.544. The lowest BCUT2D eigenvalue weighted by Gasteiger charge is -1.97. The third kappa shape index (κ3) is 1.75. The minimum Gasteiger partial charge on any atom is -0.480 e. The third-order valence-corrected chi connectivity index (χ3v) is 2.87. The molecule has 0 amide bonds. The van der Waals surface area contributed by atoms with E-state index in [1.165, 1.54) is 4.88 Å². The molecule has 0 aliphatic carbocycles. The second-order valence-electron chi connectivity index (χ2n) is 2.87. The van der Waals surface area contributed by atoms with Crippen LogP contribution in [0, 0.1) is 6.92 Å². The highest BCUT2D eigenvalue weighted by molar-refractivity contribution is 7.15. The maximum Gasteiger partial charge on any atom is 0.233 e. The fourth-order valence-electron chi connectivity index (χ4n) is 1.13. The summed E-state index contributed by atoms with van der Waals surface area (Å²) in [6.45, 7) is 2.07. The van der Waals surface area contributed by atoms with Gasteiger partial charge in [-0.25, -0.2) is 0 Å². The Bertz CT molecular complexity index is 422. The Morgan fingerprint density at radius 1 is 1.14 bits per heavy atom. The van der Waals surface area contributed by atoms with Gasteiger partial charge >= 0.3 is 0 Å². The van der Waals surface area contributed by atoms with E-state index in [9.17, 15) is 0 Å². The van der Waals surface area contributed by atoms with Crippen LogP contribution in [-0.4, -0.2) is 17.3 Å². The second kappa shape index (κ2) is 3.75. The fraction of sp³-hybridized carbons (Fsp3) is 0.200. The number of nitrogens with zero attached hydrogens (tertiary/aromatic N) is 2. The van der Waals surface area contributed by atoms with E-state index in [-0.39, 0.29) is 0 Å². The molecule has 0 N–H and O–H groups in total. The van der Waals surface area contributed by atoms with Crippen LogP contribution in [0.1, 0.15) is 4.88 Å². The maximum absolute atomic E-state index is 4.94. The molecular weight excluding hydrogens is 196 g/mol. The van der Waals surface area contributed by atoms with Crippen molar-refractivity contribution in [2.75, 3.05) is 7.11 Å². The van der Waals surface area contributed by atoms with Crippen molar-refractivity contribution in [1.29, 1.82) is 0 Å². The van der Waals surface area contributed by atoms with Crippen LogP contribution in [0.4, 0.5) is 0 Å². The summed E-state index contributed by atoms with van der Waals surface area (Å²) in [5, 5.41) is 7.99. The number of hydrogen-bond acceptors (Lipinski definition) is 4. The lowest BCUT2D eigenvalue weighted by atomic mass is 10.3. The van der Waals surface area contributed by atoms with Gasteiger partial charge in [0, 0.05) is 10.9 Å². The fourth-order valence-corrected chi connectivity index (χ4v) is 1.96. The lowest BCUT2D eigenvalue weighted by Crippen LogP contribution is -1.90. The maximum atomic E-state index is 4.94. The highest BCUT2D eigenvalue weighted by Gasteiger charge is 2.02. The van der Waals surface area contributed by atoms with Crippen LogP contribution < -0.4 is 4.74 Å². The Morgan fingerprint density at radius 3 is 2.50 bits per heavy atom. The van der Waals surface area contributed by atoms with E-state index in [1.54, 1.807) is 18.4 Å². The van der Waals surface area contributed by atoms with Crippen LogP contribution in [0.25, 0.3) is 10.6 Å². The Balaban J connectivity index is 2.33. The number of methoxy groups -OCH3 is 1. The molecule has 0 aliphatic rings. The van der Waals surface area contributed by atoms with Gasteiger partial charge in [0.15, 0.2) is 0 Å². The molecule has 3 nitrogen and oxygen atoms in total. The first kappa shape index (κ1) is 9.15. The SMILES string of the molecule is COc1ccc(-c2ccc(C)s2)nn1. The zero-order valence-corrected chi connectivity index (χ0v) is 8.84. The molecule has 0 aliphatic heterocycles. The predicted molar refractivity (Wildman–Crippen MR) is 56.6 cm³/mol. The van der Waals surface area contributed by atoms with Crippen molar-refractivity contribution in [3.8, 4) is 16.5 Å². The summed E-state index contributed by atoms with van der Waals surface area (Å²) in [6, 6.07) is 7.86. The van der Waals surface area contributed by atoms with Gasteiger partial charge in [-0.15, -0.1) is 21.5 Å². The van der Waals surface area contributed by atoms with Crippen molar-refractivity contribution in [3.63, 3.8) is 0 Å². The summed E-state index contributed by atoms with van der Waals surface area (Å²) in [5.74, 6) is 0.544. The molecule has 14 heavy (non-hydrogen) atoms. The highest BCUT2D eigenvalue weighted by atomic mass is 32.1. The predicted octanol–water partition coefficient (Wildman–Crippen LogP) is 2.52. The van der Waals surface area contributed by atoms with Crippen LogP contribution in [0.5, 0.6) is 5.88 Å². The van der Waals surface area contributed by atoms with Crippen molar-refractivity contribution >= 4 is 11.3 Å².